The molecule has 4 heteroatoms. The summed E-state index contributed by atoms with van der Waals surface area (Å²) >= 11 is 0. The van der Waals surface area contributed by atoms with Crippen LogP contribution in [0, 0.1) is 0 Å². The molecular formula is C25H22N2O2. The van der Waals surface area contributed by atoms with Gasteiger partial charge in [-0.3, -0.25) is 14.3 Å². The summed E-state index contributed by atoms with van der Waals surface area (Å²) in [6, 6.07) is 18.4. The largest absolute Gasteiger partial charge is 0.508 e. The Kier molecular flexibility index (Phi) is 3.59. The third kappa shape index (κ3) is 2.52. The third-order valence-electron chi connectivity index (χ3n) is 6.48. The fraction of sp³-hybridized carbons (Fsp3) is 0.240. The van der Waals surface area contributed by atoms with Crippen LogP contribution >= 0.6 is 0 Å². The lowest BCUT2D eigenvalue weighted by Gasteiger charge is -2.30. The van der Waals surface area contributed by atoms with Crippen LogP contribution in [-0.4, -0.2) is 27.0 Å². The number of aromatic nitrogens is 1. The zero-order valence-electron chi connectivity index (χ0n) is 16.2. The van der Waals surface area contributed by atoms with Gasteiger partial charge in [-0.1, -0.05) is 36.4 Å². The van der Waals surface area contributed by atoms with Gasteiger partial charge in [0.25, 0.3) is 0 Å². The maximum atomic E-state index is 12.8. The first kappa shape index (κ1) is 16.8. The molecule has 2 aliphatic rings. The molecule has 3 aromatic carbocycles. The molecule has 0 spiro atoms. The normalized spacial score (nSPS) is 16.5. The molecule has 144 valence electrons. The number of rotatable bonds is 2. The van der Waals surface area contributed by atoms with Crippen LogP contribution in [-0.2, 0) is 25.9 Å². The van der Waals surface area contributed by atoms with Crippen LogP contribution in [0.4, 0.5) is 0 Å². The van der Waals surface area contributed by atoms with Crippen molar-refractivity contribution in [2.75, 3.05) is 6.54 Å². The summed E-state index contributed by atoms with van der Waals surface area (Å²) in [5.41, 5.74) is 7.24. The molecule has 0 fully saturated rings. The summed E-state index contributed by atoms with van der Waals surface area (Å²) in [5, 5.41) is 12.3. The maximum Gasteiger partial charge on any atom is 0.231 e. The number of phenolic OH excluding ortho intramolecular Hbond substituents is 1. The molecular weight excluding hydrogens is 360 g/mol. The number of aromatic hydroxyl groups is 1. The Balaban J connectivity index is 1.56. The molecule has 0 unspecified atom stereocenters. The van der Waals surface area contributed by atoms with Crippen molar-refractivity contribution in [3.8, 4) is 5.75 Å². The third-order valence-corrected chi connectivity index (χ3v) is 6.48. The molecule has 0 radical (unpaired) electrons. The van der Waals surface area contributed by atoms with Gasteiger partial charge in [0, 0.05) is 42.9 Å². The van der Waals surface area contributed by atoms with Crippen LogP contribution in [0.2, 0.25) is 0 Å². The number of benzene rings is 3. The lowest BCUT2D eigenvalue weighted by molar-refractivity contribution is 0.0908. The highest BCUT2D eigenvalue weighted by Gasteiger charge is 2.29. The zero-order chi connectivity index (χ0) is 19.5. The van der Waals surface area contributed by atoms with Crippen molar-refractivity contribution < 1.29 is 9.90 Å². The van der Waals surface area contributed by atoms with Crippen molar-refractivity contribution >= 4 is 27.7 Å². The summed E-state index contributed by atoms with van der Waals surface area (Å²) in [5.74, 6) is 0.330. The lowest BCUT2D eigenvalue weighted by atomic mass is 9.90. The summed E-state index contributed by atoms with van der Waals surface area (Å²) in [6.45, 7) is 2.86. The number of aryl methyl sites for hydroxylation is 1. The van der Waals surface area contributed by atoms with E-state index in [1.165, 1.54) is 27.6 Å². The molecule has 0 saturated heterocycles. The number of carbonyl (C=O) groups excluding carboxylic acids is 1. The molecule has 0 bridgehead atoms. The minimum absolute atomic E-state index is 0.125. The van der Waals surface area contributed by atoms with Crippen LogP contribution in [0.3, 0.4) is 0 Å². The Labute approximate surface area is 169 Å². The zero-order valence-corrected chi connectivity index (χ0v) is 16.2. The molecule has 0 aliphatic carbocycles. The van der Waals surface area contributed by atoms with E-state index in [0.717, 1.165) is 48.9 Å². The van der Waals surface area contributed by atoms with Crippen molar-refractivity contribution in [3.05, 3.63) is 76.9 Å². The molecule has 0 saturated carbocycles. The van der Waals surface area contributed by atoms with Crippen LogP contribution in [0.25, 0.3) is 21.8 Å². The Morgan fingerprint density at radius 3 is 2.66 bits per heavy atom. The van der Waals surface area contributed by atoms with Crippen LogP contribution in [0.1, 0.15) is 33.5 Å². The van der Waals surface area contributed by atoms with Gasteiger partial charge < -0.3 is 5.11 Å². The smallest absolute Gasteiger partial charge is 0.231 e. The summed E-state index contributed by atoms with van der Waals surface area (Å²) in [7, 11) is 0. The summed E-state index contributed by atoms with van der Waals surface area (Å²) in [6.07, 6.45) is 2.36. The molecule has 3 heterocycles. The molecule has 1 aromatic heterocycles. The van der Waals surface area contributed by atoms with E-state index in [-0.39, 0.29) is 11.7 Å². The molecule has 0 atom stereocenters. The van der Waals surface area contributed by atoms with Crippen molar-refractivity contribution in [3.63, 3.8) is 0 Å². The highest BCUT2D eigenvalue weighted by atomic mass is 16.3. The Morgan fingerprint density at radius 1 is 0.931 bits per heavy atom. The average Bonchev–Trinajstić information content (AvgIpc) is 3.08. The molecule has 6 rings (SSSR count). The van der Waals surface area contributed by atoms with Gasteiger partial charge in [-0.25, -0.2) is 0 Å². The molecule has 29 heavy (non-hydrogen) atoms. The highest BCUT2D eigenvalue weighted by molar-refractivity contribution is 6.17. The van der Waals surface area contributed by atoms with Crippen molar-refractivity contribution in [1.82, 2.24) is 9.47 Å². The number of hydrogen-bond acceptors (Lipinski definition) is 3. The van der Waals surface area contributed by atoms with Gasteiger partial charge in [0.15, 0.2) is 0 Å². The van der Waals surface area contributed by atoms with Crippen molar-refractivity contribution in [2.45, 2.75) is 32.4 Å². The van der Waals surface area contributed by atoms with E-state index in [0.29, 0.717) is 6.42 Å². The number of nitrogens with zero attached hydrogens (tertiary/aromatic N) is 2. The maximum absolute atomic E-state index is 12.8. The van der Waals surface area contributed by atoms with Crippen LogP contribution in [0.5, 0.6) is 5.75 Å². The minimum Gasteiger partial charge on any atom is -0.508 e. The van der Waals surface area contributed by atoms with Crippen molar-refractivity contribution in [1.29, 1.82) is 0 Å². The number of hydrogen-bond donors (Lipinski definition) is 1. The number of fused-ring (bicyclic) bond motifs is 5. The Bertz CT molecular complexity index is 1290. The first-order valence-corrected chi connectivity index (χ1v) is 10.3. The van der Waals surface area contributed by atoms with Gasteiger partial charge in [0.1, 0.15) is 5.75 Å². The first-order chi connectivity index (χ1) is 14.2. The highest BCUT2D eigenvalue weighted by Crippen LogP contribution is 2.41. The van der Waals surface area contributed by atoms with E-state index in [4.69, 9.17) is 0 Å². The molecule has 4 nitrogen and oxygen atoms in total. The average molecular weight is 382 g/mol. The van der Waals surface area contributed by atoms with E-state index >= 15 is 0 Å². The predicted octanol–water partition coefficient (Wildman–Crippen LogP) is 4.64. The summed E-state index contributed by atoms with van der Waals surface area (Å²) < 4.78 is 1.85. The molecule has 2 aliphatic heterocycles. The number of phenols is 1. The SMILES string of the molecule is O=C1CCc2cc3c(c4c5ccc(O)cc5n1c24)CN(Cc1ccccc1)CC3. The Morgan fingerprint density at radius 2 is 1.79 bits per heavy atom. The fourth-order valence-corrected chi connectivity index (χ4v) is 5.18. The van der Waals surface area contributed by atoms with Gasteiger partial charge in [-0.05, 0) is 47.2 Å². The minimum atomic E-state index is 0.125. The molecule has 1 N–H and O–H groups in total. The van der Waals surface area contributed by atoms with E-state index in [9.17, 15) is 9.90 Å². The standard InChI is InChI=1S/C25H22N2O2/c28-19-7-8-20-22(13-19)27-23(29)9-6-18-12-17-10-11-26(14-16-4-2-1-3-5-16)15-21(17)24(20)25(18)27/h1-5,7-8,12-13,28H,6,9-11,14-15H2. The predicted molar refractivity (Wildman–Crippen MR) is 114 cm³/mol. The van der Waals surface area contributed by atoms with Crippen molar-refractivity contribution in [2.24, 2.45) is 0 Å². The second-order valence-corrected chi connectivity index (χ2v) is 8.27. The van der Waals surface area contributed by atoms with E-state index in [1.54, 1.807) is 12.1 Å². The van der Waals surface area contributed by atoms with Gasteiger partial charge in [-0.2, -0.15) is 0 Å². The van der Waals surface area contributed by atoms with Gasteiger partial charge in [-0.15, -0.1) is 0 Å². The van der Waals surface area contributed by atoms with Gasteiger partial charge >= 0.3 is 0 Å². The molecule has 0 amide bonds. The number of carbonyl (C=O) groups is 1. The monoisotopic (exact) mass is 382 g/mol. The lowest BCUT2D eigenvalue weighted by Crippen LogP contribution is -2.30. The first-order valence-electron chi connectivity index (χ1n) is 10.3. The van der Waals surface area contributed by atoms with Gasteiger partial charge in [0.2, 0.25) is 5.91 Å². The Hall–Kier alpha value is -3.11. The second-order valence-electron chi connectivity index (χ2n) is 8.27. The van der Waals surface area contributed by atoms with Crippen LogP contribution < -0.4 is 0 Å². The fourth-order valence-electron chi connectivity index (χ4n) is 5.18. The van der Waals surface area contributed by atoms with E-state index < -0.39 is 0 Å². The van der Waals surface area contributed by atoms with Gasteiger partial charge in [0.05, 0.1) is 11.0 Å². The topological polar surface area (TPSA) is 45.5 Å². The molecule has 4 aromatic rings. The van der Waals surface area contributed by atoms with E-state index in [1.807, 2.05) is 10.6 Å². The summed E-state index contributed by atoms with van der Waals surface area (Å²) in [4.78, 5) is 15.3. The van der Waals surface area contributed by atoms with E-state index in [2.05, 4.69) is 41.3 Å². The van der Waals surface area contributed by atoms with Crippen LogP contribution in [0.15, 0.2) is 54.6 Å². The quantitative estimate of drug-likeness (QED) is 0.549. The second kappa shape index (κ2) is 6.19.